The highest BCUT2D eigenvalue weighted by atomic mass is 16.5. The monoisotopic (exact) mass is 271 g/mol. The number of anilines is 1. The predicted octanol–water partition coefficient (Wildman–Crippen LogP) is 1.97. The minimum Gasteiger partial charge on any atom is -0.463 e. The van der Waals surface area contributed by atoms with Crippen LogP contribution in [0.2, 0.25) is 0 Å². The van der Waals surface area contributed by atoms with E-state index in [1.165, 1.54) is 0 Å². The molecule has 0 aliphatic carbocycles. The molecule has 0 unspecified atom stereocenters. The molecular formula is C14H17N5O. The van der Waals surface area contributed by atoms with Gasteiger partial charge in [0.05, 0.1) is 23.6 Å². The maximum absolute atomic E-state index is 9.18. The Hall–Kier alpha value is -2.55. The largest absolute Gasteiger partial charge is 0.463 e. The zero-order chi connectivity index (χ0) is 14.5. The Morgan fingerprint density at radius 2 is 2.35 bits per heavy atom. The maximum Gasteiger partial charge on any atom is 0.289 e. The van der Waals surface area contributed by atoms with Gasteiger partial charge in [0.2, 0.25) is 0 Å². The molecule has 1 aromatic rings. The first-order valence-electron chi connectivity index (χ1n) is 6.31. The van der Waals surface area contributed by atoms with Crippen LogP contribution in [-0.2, 0) is 4.74 Å². The lowest BCUT2D eigenvalue weighted by Gasteiger charge is -2.07. The van der Waals surface area contributed by atoms with Crippen LogP contribution in [-0.4, -0.2) is 44.0 Å². The summed E-state index contributed by atoms with van der Waals surface area (Å²) >= 11 is 0. The first-order chi connectivity index (χ1) is 9.58. The van der Waals surface area contributed by atoms with E-state index in [2.05, 4.69) is 21.4 Å². The highest BCUT2D eigenvalue weighted by Crippen LogP contribution is 2.23. The Balaban J connectivity index is 2.17. The van der Waals surface area contributed by atoms with Crippen LogP contribution >= 0.6 is 0 Å². The molecule has 1 N–H and O–H groups in total. The van der Waals surface area contributed by atoms with Gasteiger partial charge in [0.15, 0.2) is 0 Å². The van der Waals surface area contributed by atoms with Crippen molar-refractivity contribution in [2.75, 3.05) is 26.0 Å². The molecule has 20 heavy (non-hydrogen) atoms. The van der Waals surface area contributed by atoms with Crippen molar-refractivity contribution < 1.29 is 4.74 Å². The van der Waals surface area contributed by atoms with Gasteiger partial charge < -0.3 is 15.0 Å². The third-order valence-electron chi connectivity index (χ3n) is 2.59. The van der Waals surface area contributed by atoms with Gasteiger partial charge in [-0.25, -0.2) is 9.98 Å². The zero-order valence-corrected chi connectivity index (χ0v) is 11.8. The van der Waals surface area contributed by atoms with Crippen molar-refractivity contribution in [2.45, 2.75) is 13.0 Å². The molecule has 1 aliphatic heterocycles. The van der Waals surface area contributed by atoms with Gasteiger partial charge in [-0.2, -0.15) is 5.26 Å². The normalized spacial score (nSPS) is 17.5. The van der Waals surface area contributed by atoms with Crippen molar-refractivity contribution in [1.82, 2.24) is 4.90 Å². The van der Waals surface area contributed by atoms with E-state index >= 15 is 0 Å². The topological polar surface area (TPSA) is 73.0 Å². The van der Waals surface area contributed by atoms with Crippen LogP contribution in [0.25, 0.3) is 0 Å². The number of ether oxygens (including phenoxy) is 1. The molecule has 0 radical (unpaired) electrons. The third-order valence-corrected chi connectivity index (χ3v) is 2.59. The van der Waals surface area contributed by atoms with Crippen LogP contribution in [0.1, 0.15) is 12.5 Å². The van der Waals surface area contributed by atoms with E-state index in [1.54, 1.807) is 18.5 Å². The smallest absolute Gasteiger partial charge is 0.289 e. The summed E-state index contributed by atoms with van der Waals surface area (Å²) in [4.78, 5) is 10.4. The second kappa shape index (κ2) is 6.06. The standard InChI is InChI=1S/C14H17N5O/c1-10-8-20-14(17-10)18-12-4-5-13(11(6-12)7-15)16-9-19(2)3/h4-6,9-10H,8H2,1-3H3,(H,17,18)/b16-9+/t10-/m1/s1. The van der Waals surface area contributed by atoms with Gasteiger partial charge >= 0.3 is 0 Å². The summed E-state index contributed by atoms with van der Waals surface area (Å²) in [5.41, 5.74) is 1.90. The molecule has 104 valence electrons. The second-order valence-electron chi connectivity index (χ2n) is 4.77. The van der Waals surface area contributed by atoms with E-state index in [4.69, 9.17) is 4.74 Å². The molecule has 0 bridgehead atoms. The van der Waals surface area contributed by atoms with Gasteiger partial charge in [-0.3, -0.25) is 0 Å². The lowest BCUT2D eigenvalue weighted by atomic mass is 10.2. The van der Waals surface area contributed by atoms with Gasteiger partial charge in [-0.05, 0) is 25.1 Å². The number of rotatable bonds is 3. The summed E-state index contributed by atoms with van der Waals surface area (Å²) in [6.07, 6.45) is 1.66. The fourth-order valence-corrected chi connectivity index (χ4v) is 1.66. The van der Waals surface area contributed by atoms with E-state index in [1.807, 2.05) is 32.0 Å². The van der Waals surface area contributed by atoms with Crippen LogP contribution in [0.4, 0.5) is 11.4 Å². The van der Waals surface area contributed by atoms with Gasteiger partial charge in [-0.1, -0.05) is 0 Å². The van der Waals surface area contributed by atoms with Gasteiger partial charge in [0.1, 0.15) is 12.7 Å². The van der Waals surface area contributed by atoms with Crippen molar-refractivity contribution in [3.8, 4) is 6.07 Å². The minimum atomic E-state index is 0.164. The number of nitrogens with zero attached hydrogens (tertiary/aromatic N) is 4. The van der Waals surface area contributed by atoms with E-state index in [9.17, 15) is 5.26 Å². The van der Waals surface area contributed by atoms with Crippen LogP contribution in [0, 0.1) is 11.3 Å². The number of amidine groups is 1. The van der Waals surface area contributed by atoms with Crippen molar-refractivity contribution in [1.29, 1.82) is 5.26 Å². The number of nitriles is 1. The van der Waals surface area contributed by atoms with Gasteiger partial charge in [-0.15, -0.1) is 0 Å². The lowest BCUT2D eigenvalue weighted by Crippen LogP contribution is -2.11. The molecule has 1 heterocycles. The van der Waals surface area contributed by atoms with Crippen LogP contribution in [0.5, 0.6) is 0 Å². The number of hydrogen-bond acceptors (Lipinski definition) is 5. The number of nitrogens with one attached hydrogen (secondary N) is 1. The van der Waals surface area contributed by atoms with Crippen LogP contribution in [0.3, 0.4) is 0 Å². The first kappa shape index (κ1) is 13.9. The van der Waals surface area contributed by atoms with Crippen molar-refractivity contribution in [3.63, 3.8) is 0 Å². The average Bonchev–Trinajstić information content (AvgIpc) is 2.82. The third kappa shape index (κ3) is 3.48. The minimum absolute atomic E-state index is 0.164. The number of aliphatic imine (C=N–C) groups is 2. The molecule has 0 fully saturated rings. The Morgan fingerprint density at radius 1 is 1.55 bits per heavy atom. The molecule has 6 heteroatoms. The molecule has 0 amide bonds. The molecule has 2 rings (SSSR count). The highest BCUT2D eigenvalue weighted by Gasteiger charge is 2.14. The SMILES string of the molecule is C[C@@H]1COC(Nc2ccc(/N=C/N(C)C)c(C#N)c2)=N1. The molecule has 1 aromatic carbocycles. The maximum atomic E-state index is 9.18. The van der Waals surface area contributed by atoms with Crippen LogP contribution in [0.15, 0.2) is 28.2 Å². The Bertz CT molecular complexity index is 586. The van der Waals surface area contributed by atoms with Crippen molar-refractivity contribution in [3.05, 3.63) is 23.8 Å². The lowest BCUT2D eigenvalue weighted by molar-refractivity contribution is 0.322. The van der Waals surface area contributed by atoms with Crippen molar-refractivity contribution in [2.24, 2.45) is 9.98 Å². The van der Waals surface area contributed by atoms with Crippen LogP contribution < -0.4 is 5.32 Å². The molecule has 0 aromatic heterocycles. The van der Waals surface area contributed by atoms with E-state index in [-0.39, 0.29) is 6.04 Å². The summed E-state index contributed by atoms with van der Waals surface area (Å²) in [6, 6.07) is 8.17. The fourth-order valence-electron chi connectivity index (χ4n) is 1.66. The average molecular weight is 271 g/mol. The second-order valence-corrected chi connectivity index (χ2v) is 4.77. The first-order valence-corrected chi connectivity index (χ1v) is 6.31. The fraction of sp³-hybridized carbons (Fsp3) is 0.357. The Kier molecular flexibility index (Phi) is 4.20. The zero-order valence-electron chi connectivity index (χ0n) is 11.8. The van der Waals surface area contributed by atoms with E-state index < -0.39 is 0 Å². The summed E-state index contributed by atoms with van der Waals surface area (Å²) in [6.45, 7) is 2.56. The quantitative estimate of drug-likeness (QED) is 0.673. The van der Waals surface area contributed by atoms with E-state index in [0.29, 0.717) is 23.9 Å². The highest BCUT2D eigenvalue weighted by molar-refractivity contribution is 5.90. The number of hydrogen-bond donors (Lipinski definition) is 1. The predicted molar refractivity (Wildman–Crippen MR) is 79.5 cm³/mol. The molecule has 0 saturated heterocycles. The molecule has 0 spiro atoms. The summed E-state index contributed by atoms with van der Waals surface area (Å²) in [7, 11) is 3.75. The van der Waals surface area contributed by atoms with E-state index in [0.717, 1.165) is 5.69 Å². The molecular weight excluding hydrogens is 254 g/mol. The van der Waals surface area contributed by atoms with Crippen molar-refractivity contribution >= 4 is 23.7 Å². The molecule has 1 aliphatic rings. The Labute approximate surface area is 118 Å². The molecule has 6 nitrogen and oxygen atoms in total. The number of benzene rings is 1. The summed E-state index contributed by atoms with van der Waals surface area (Å²) in [5, 5.41) is 12.2. The Morgan fingerprint density at radius 3 is 2.95 bits per heavy atom. The summed E-state index contributed by atoms with van der Waals surface area (Å²) in [5.74, 6) is 0. The van der Waals surface area contributed by atoms with Gasteiger partial charge in [0, 0.05) is 19.8 Å². The summed E-state index contributed by atoms with van der Waals surface area (Å²) < 4.78 is 5.37. The molecule has 1 atom stereocenters. The van der Waals surface area contributed by atoms with Gasteiger partial charge in [0.25, 0.3) is 6.02 Å². The molecule has 0 saturated carbocycles.